The average Bonchev–Trinajstić information content (AvgIpc) is 2.54. The smallest absolute Gasteiger partial charge is 0.262 e. The number of benzene rings is 2. The summed E-state index contributed by atoms with van der Waals surface area (Å²) < 4.78 is 10.8. The van der Waals surface area contributed by atoms with Crippen LogP contribution in [-0.4, -0.2) is 33.7 Å². The van der Waals surface area contributed by atoms with Crippen LogP contribution in [0.4, 0.5) is 11.4 Å². The monoisotopic (exact) mass is 314 g/mol. The summed E-state index contributed by atoms with van der Waals surface area (Å²) in [5.41, 5.74) is 2.88. The number of amides is 1. The number of ether oxygens (including phenoxy) is 2. The van der Waals surface area contributed by atoms with Gasteiger partial charge in [-0.3, -0.25) is 4.79 Å². The van der Waals surface area contributed by atoms with Crippen LogP contribution in [0.15, 0.2) is 42.5 Å². The molecule has 0 bridgehead atoms. The first kappa shape index (κ1) is 16.7. The zero-order chi connectivity index (χ0) is 16.8. The van der Waals surface area contributed by atoms with Crippen LogP contribution in [0.5, 0.6) is 11.5 Å². The van der Waals surface area contributed by atoms with E-state index in [0.29, 0.717) is 11.5 Å². The number of carbonyl (C=O) groups is 1. The van der Waals surface area contributed by atoms with Gasteiger partial charge in [0.15, 0.2) is 18.1 Å². The van der Waals surface area contributed by atoms with Crippen LogP contribution in [0.2, 0.25) is 0 Å². The van der Waals surface area contributed by atoms with Gasteiger partial charge in [0.05, 0.1) is 7.11 Å². The summed E-state index contributed by atoms with van der Waals surface area (Å²) in [6.07, 6.45) is 0. The van der Waals surface area contributed by atoms with E-state index in [2.05, 4.69) is 5.32 Å². The second-order valence-electron chi connectivity index (χ2n) is 5.43. The fraction of sp³-hybridized carbons (Fsp3) is 0.278. The molecule has 2 aromatic carbocycles. The van der Waals surface area contributed by atoms with Gasteiger partial charge in [-0.15, -0.1) is 0 Å². The molecule has 0 radical (unpaired) electrons. The first-order valence-electron chi connectivity index (χ1n) is 7.34. The lowest BCUT2D eigenvalue weighted by Crippen LogP contribution is -2.20. The highest BCUT2D eigenvalue weighted by Gasteiger charge is 2.08. The molecule has 0 aliphatic heterocycles. The van der Waals surface area contributed by atoms with E-state index in [4.69, 9.17) is 9.47 Å². The van der Waals surface area contributed by atoms with E-state index in [0.717, 1.165) is 16.9 Å². The topological polar surface area (TPSA) is 50.8 Å². The molecule has 5 nitrogen and oxygen atoms in total. The molecule has 0 aliphatic rings. The van der Waals surface area contributed by atoms with E-state index in [9.17, 15) is 4.79 Å². The number of hydrogen-bond acceptors (Lipinski definition) is 4. The second kappa shape index (κ2) is 7.54. The van der Waals surface area contributed by atoms with Crippen LogP contribution in [0.1, 0.15) is 5.56 Å². The first-order chi connectivity index (χ1) is 11.0. The Balaban J connectivity index is 1.92. The second-order valence-corrected chi connectivity index (χ2v) is 5.43. The molecule has 0 fully saturated rings. The van der Waals surface area contributed by atoms with Gasteiger partial charge in [0.25, 0.3) is 5.91 Å². The van der Waals surface area contributed by atoms with Crippen LogP contribution in [0, 0.1) is 6.92 Å². The lowest BCUT2D eigenvalue weighted by atomic mass is 10.2. The summed E-state index contributed by atoms with van der Waals surface area (Å²) in [6, 6.07) is 13.2. The maximum atomic E-state index is 12.0. The summed E-state index contributed by atoms with van der Waals surface area (Å²) in [5.74, 6) is 0.953. The van der Waals surface area contributed by atoms with Gasteiger partial charge in [-0.1, -0.05) is 6.07 Å². The van der Waals surface area contributed by atoms with E-state index in [1.54, 1.807) is 13.2 Å². The van der Waals surface area contributed by atoms with Crippen molar-refractivity contribution in [2.45, 2.75) is 6.92 Å². The van der Waals surface area contributed by atoms with Crippen molar-refractivity contribution in [3.05, 3.63) is 48.0 Å². The molecule has 0 atom stereocenters. The van der Waals surface area contributed by atoms with Crippen molar-refractivity contribution in [1.82, 2.24) is 0 Å². The van der Waals surface area contributed by atoms with Gasteiger partial charge < -0.3 is 19.7 Å². The third-order valence-electron chi connectivity index (χ3n) is 3.35. The van der Waals surface area contributed by atoms with Gasteiger partial charge in [-0.25, -0.2) is 0 Å². The van der Waals surface area contributed by atoms with Crippen molar-refractivity contribution in [1.29, 1.82) is 0 Å². The molecule has 2 aromatic rings. The predicted octanol–water partition coefficient (Wildman–Crippen LogP) is 3.09. The SMILES string of the molecule is COc1cc(C)ccc1OCC(=O)Nc1ccc(N(C)C)cc1. The average molecular weight is 314 g/mol. The highest BCUT2D eigenvalue weighted by Crippen LogP contribution is 2.27. The van der Waals surface area contributed by atoms with Crippen molar-refractivity contribution in [3.63, 3.8) is 0 Å². The Bertz CT molecular complexity index is 666. The molecule has 5 heteroatoms. The fourth-order valence-corrected chi connectivity index (χ4v) is 2.08. The zero-order valence-corrected chi connectivity index (χ0v) is 13.9. The Morgan fingerprint density at radius 1 is 1.09 bits per heavy atom. The standard InChI is InChI=1S/C18H22N2O3/c1-13-5-10-16(17(11-13)22-4)23-12-18(21)19-14-6-8-15(9-7-14)20(2)3/h5-11H,12H2,1-4H3,(H,19,21). The molecule has 0 saturated carbocycles. The third kappa shape index (κ3) is 4.64. The predicted molar refractivity (Wildman–Crippen MR) is 92.6 cm³/mol. The molecule has 2 rings (SSSR count). The van der Waals surface area contributed by atoms with Crippen molar-refractivity contribution in [2.75, 3.05) is 38.0 Å². The Morgan fingerprint density at radius 2 is 1.78 bits per heavy atom. The van der Waals surface area contributed by atoms with Gasteiger partial charge in [-0.05, 0) is 48.9 Å². The Morgan fingerprint density at radius 3 is 2.39 bits per heavy atom. The summed E-state index contributed by atoms with van der Waals surface area (Å²) >= 11 is 0. The number of aryl methyl sites for hydroxylation is 1. The Labute approximate surface area is 136 Å². The van der Waals surface area contributed by atoms with Gasteiger partial charge in [0, 0.05) is 25.5 Å². The van der Waals surface area contributed by atoms with Gasteiger partial charge in [0.1, 0.15) is 0 Å². The minimum Gasteiger partial charge on any atom is -0.493 e. The molecule has 23 heavy (non-hydrogen) atoms. The largest absolute Gasteiger partial charge is 0.493 e. The van der Waals surface area contributed by atoms with Gasteiger partial charge >= 0.3 is 0 Å². The maximum Gasteiger partial charge on any atom is 0.262 e. The number of anilines is 2. The molecule has 122 valence electrons. The highest BCUT2D eigenvalue weighted by molar-refractivity contribution is 5.92. The van der Waals surface area contributed by atoms with Crippen molar-refractivity contribution < 1.29 is 14.3 Å². The van der Waals surface area contributed by atoms with Crippen LogP contribution in [-0.2, 0) is 4.79 Å². The third-order valence-corrected chi connectivity index (χ3v) is 3.35. The van der Waals surface area contributed by atoms with E-state index in [-0.39, 0.29) is 12.5 Å². The maximum absolute atomic E-state index is 12.0. The summed E-state index contributed by atoms with van der Waals surface area (Å²) in [6.45, 7) is 1.89. The Hall–Kier alpha value is -2.69. The van der Waals surface area contributed by atoms with E-state index < -0.39 is 0 Å². The number of hydrogen-bond donors (Lipinski definition) is 1. The lowest BCUT2D eigenvalue weighted by molar-refractivity contribution is -0.118. The molecule has 1 amide bonds. The highest BCUT2D eigenvalue weighted by atomic mass is 16.5. The van der Waals surface area contributed by atoms with Crippen LogP contribution >= 0.6 is 0 Å². The number of methoxy groups -OCH3 is 1. The Kier molecular flexibility index (Phi) is 5.46. The van der Waals surface area contributed by atoms with E-state index in [1.807, 2.05) is 62.3 Å². The molecule has 1 N–H and O–H groups in total. The molecule has 0 aliphatic carbocycles. The number of nitrogens with one attached hydrogen (secondary N) is 1. The molecular formula is C18H22N2O3. The molecule has 0 saturated heterocycles. The van der Waals surface area contributed by atoms with Crippen LogP contribution in [0.25, 0.3) is 0 Å². The zero-order valence-electron chi connectivity index (χ0n) is 13.9. The van der Waals surface area contributed by atoms with Crippen molar-refractivity contribution >= 4 is 17.3 Å². The number of nitrogens with zero attached hydrogens (tertiary/aromatic N) is 1. The van der Waals surface area contributed by atoms with Crippen LogP contribution in [0.3, 0.4) is 0 Å². The van der Waals surface area contributed by atoms with Crippen molar-refractivity contribution in [2.24, 2.45) is 0 Å². The fourth-order valence-electron chi connectivity index (χ4n) is 2.08. The van der Waals surface area contributed by atoms with Gasteiger partial charge in [0.2, 0.25) is 0 Å². The quantitative estimate of drug-likeness (QED) is 0.890. The number of carbonyl (C=O) groups excluding carboxylic acids is 1. The summed E-state index contributed by atoms with van der Waals surface area (Å²) in [5, 5.41) is 2.80. The van der Waals surface area contributed by atoms with Crippen LogP contribution < -0.4 is 19.7 Å². The first-order valence-corrected chi connectivity index (χ1v) is 7.34. The molecule has 0 aromatic heterocycles. The molecule has 0 heterocycles. The lowest BCUT2D eigenvalue weighted by Gasteiger charge is -2.13. The molecule has 0 spiro atoms. The molecular weight excluding hydrogens is 292 g/mol. The van der Waals surface area contributed by atoms with E-state index >= 15 is 0 Å². The molecule has 0 unspecified atom stereocenters. The van der Waals surface area contributed by atoms with Gasteiger partial charge in [-0.2, -0.15) is 0 Å². The normalized spacial score (nSPS) is 10.1. The summed E-state index contributed by atoms with van der Waals surface area (Å²) in [7, 11) is 5.51. The van der Waals surface area contributed by atoms with E-state index in [1.165, 1.54) is 0 Å². The minimum absolute atomic E-state index is 0.0746. The number of rotatable bonds is 6. The van der Waals surface area contributed by atoms with Crippen molar-refractivity contribution in [3.8, 4) is 11.5 Å². The minimum atomic E-state index is -0.217. The summed E-state index contributed by atoms with van der Waals surface area (Å²) in [4.78, 5) is 14.0.